The van der Waals surface area contributed by atoms with E-state index in [1.54, 1.807) is 14.2 Å². The van der Waals surface area contributed by atoms with Crippen LogP contribution >= 0.6 is 18.2 Å². The summed E-state index contributed by atoms with van der Waals surface area (Å²) in [6, 6.07) is 0.0850. The zero-order valence-electron chi connectivity index (χ0n) is 14.0. The molecule has 0 spiro atoms. The van der Waals surface area contributed by atoms with E-state index in [-0.39, 0.29) is 30.3 Å². The van der Waals surface area contributed by atoms with Crippen LogP contribution < -0.4 is 0 Å². The Bertz CT molecular complexity index is 432. The van der Waals surface area contributed by atoms with Crippen LogP contribution in [0.4, 0.5) is 0 Å². The zero-order chi connectivity index (χ0) is 17.0. The van der Waals surface area contributed by atoms with E-state index in [2.05, 4.69) is 0 Å². The standard InChI is InChI=1S/C12H25B2O7PS/c1-17-5-9-8(4-12(14)19-9)21-22(15,16)23-6-10-7(18-2)3-11(13)20-10/h7-12H,3-6,13-14H2,1-2H3,(H,15,16)/t7?,8?,9-,10-,11-,12-/m1/s1. The van der Waals surface area contributed by atoms with Crippen molar-refractivity contribution in [2.24, 2.45) is 0 Å². The highest BCUT2D eigenvalue weighted by Gasteiger charge is 2.40. The first-order valence-electron chi connectivity index (χ1n) is 7.83. The van der Waals surface area contributed by atoms with Gasteiger partial charge in [0.25, 0.3) is 0 Å². The van der Waals surface area contributed by atoms with Crippen molar-refractivity contribution in [3.63, 3.8) is 0 Å². The fourth-order valence-electron chi connectivity index (χ4n) is 3.03. The Kier molecular flexibility index (Phi) is 7.50. The van der Waals surface area contributed by atoms with E-state index in [1.807, 2.05) is 15.7 Å². The smallest absolute Gasteiger partial charge is 0.382 e. The maximum Gasteiger partial charge on any atom is 0.387 e. The van der Waals surface area contributed by atoms with E-state index in [0.717, 1.165) is 17.8 Å². The molecule has 7 atom stereocenters. The molecule has 0 saturated carbocycles. The zero-order valence-corrected chi connectivity index (χ0v) is 15.8. The van der Waals surface area contributed by atoms with Crippen molar-refractivity contribution in [1.29, 1.82) is 0 Å². The van der Waals surface area contributed by atoms with Gasteiger partial charge in [0, 0.05) is 32.0 Å². The second-order valence-corrected chi connectivity index (χ2v) is 9.98. The average molecular weight is 366 g/mol. The highest BCUT2D eigenvalue weighted by Crippen LogP contribution is 2.58. The third-order valence-electron chi connectivity index (χ3n) is 4.08. The number of hydrogen-bond donors (Lipinski definition) is 1. The summed E-state index contributed by atoms with van der Waals surface area (Å²) in [5.41, 5.74) is 0. The van der Waals surface area contributed by atoms with Crippen molar-refractivity contribution < 1.29 is 32.9 Å². The van der Waals surface area contributed by atoms with Crippen LogP contribution in [0.25, 0.3) is 0 Å². The molecule has 7 nitrogen and oxygen atoms in total. The summed E-state index contributed by atoms with van der Waals surface area (Å²) in [5.74, 6) is 0.356. The van der Waals surface area contributed by atoms with Crippen LogP contribution in [0.15, 0.2) is 0 Å². The van der Waals surface area contributed by atoms with Crippen molar-refractivity contribution in [3.05, 3.63) is 0 Å². The Balaban J connectivity index is 1.85. The van der Waals surface area contributed by atoms with Crippen LogP contribution in [0.3, 0.4) is 0 Å². The fourth-order valence-corrected chi connectivity index (χ4v) is 5.80. The van der Waals surface area contributed by atoms with E-state index in [9.17, 15) is 9.46 Å². The van der Waals surface area contributed by atoms with E-state index in [4.69, 9.17) is 23.5 Å². The van der Waals surface area contributed by atoms with Gasteiger partial charge in [0.2, 0.25) is 0 Å². The average Bonchev–Trinajstić information content (AvgIpc) is 2.99. The molecule has 0 amide bonds. The van der Waals surface area contributed by atoms with Crippen LogP contribution in [-0.4, -0.2) is 83.6 Å². The SMILES string of the molecule is B[C@H]1CC(OC)[C@@H](CSP(=O)(O)OC2C[C@H](B)O[C@@H]2COC)O1. The van der Waals surface area contributed by atoms with Gasteiger partial charge in [-0.25, -0.2) is 4.57 Å². The summed E-state index contributed by atoms with van der Waals surface area (Å²) in [5, 5.41) is 0. The van der Waals surface area contributed by atoms with E-state index in [0.29, 0.717) is 18.8 Å². The Morgan fingerprint density at radius 2 is 1.78 bits per heavy atom. The van der Waals surface area contributed by atoms with E-state index < -0.39 is 12.9 Å². The molecule has 23 heavy (non-hydrogen) atoms. The van der Waals surface area contributed by atoms with Crippen molar-refractivity contribution >= 4 is 33.9 Å². The lowest BCUT2D eigenvalue weighted by atomic mass is 9.96. The predicted molar refractivity (Wildman–Crippen MR) is 93.5 cm³/mol. The first-order valence-corrected chi connectivity index (χ1v) is 11.0. The number of methoxy groups -OCH3 is 2. The number of hydrogen-bond acceptors (Lipinski definition) is 7. The van der Waals surface area contributed by atoms with Crippen molar-refractivity contribution in [2.45, 2.75) is 49.3 Å². The van der Waals surface area contributed by atoms with Gasteiger partial charge in [0.05, 0.1) is 24.9 Å². The molecule has 2 aliphatic heterocycles. The molecule has 11 heteroatoms. The Hall–Kier alpha value is 0.470. The molecule has 132 valence electrons. The van der Waals surface area contributed by atoms with Gasteiger partial charge in [-0.05, 0) is 24.2 Å². The number of ether oxygens (including phenoxy) is 4. The second-order valence-electron chi connectivity index (χ2n) is 6.08. The van der Waals surface area contributed by atoms with Gasteiger partial charge >= 0.3 is 6.80 Å². The van der Waals surface area contributed by atoms with E-state index in [1.165, 1.54) is 0 Å². The molecule has 1 N–H and O–H groups in total. The molecular weight excluding hydrogens is 341 g/mol. The quantitative estimate of drug-likeness (QED) is 0.449. The Labute approximate surface area is 143 Å². The molecule has 2 heterocycles. The van der Waals surface area contributed by atoms with Crippen LogP contribution in [-0.2, 0) is 28.0 Å². The predicted octanol–water partition coefficient (Wildman–Crippen LogP) is -0.637. The van der Waals surface area contributed by atoms with Gasteiger partial charge < -0.3 is 23.8 Å². The first kappa shape index (κ1) is 19.8. The third-order valence-corrected chi connectivity index (χ3v) is 7.10. The monoisotopic (exact) mass is 366 g/mol. The molecule has 2 rings (SSSR count). The molecule has 3 unspecified atom stereocenters. The van der Waals surface area contributed by atoms with Crippen LogP contribution in [0.2, 0.25) is 0 Å². The molecule has 0 bridgehead atoms. The van der Waals surface area contributed by atoms with Crippen molar-refractivity contribution in [3.8, 4) is 0 Å². The minimum Gasteiger partial charge on any atom is -0.382 e. The van der Waals surface area contributed by atoms with E-state index >= 15 is 0 Å². The summed E-state index contributed by atoms with van der Waals surface area (Å²) < 4.78 is 39.7. The minimum atomic E-state index is -3.79. The van der Waals surface area contributed by atoms with Crippen LogP contribution in [0.1, 0.15) is 12.8 Å². The molecule has 0 aliphatic carbocycles. The summed E-state index contributed by atoms with van der Waals surface area (Å²) in [4.78, 5) is 10.1. The van der Waals surface area contributed by atoms with Gasteiger partial charge in [0.1, 0.15) is 21.8 Å². The lowest BCUT2D eigenvalue weighted by molar-refractivity contribution is -0.0115. The maximum atomic E-state index is 12.4. The molecular formula is C12H25B2O7PS. The van der Waals surface area contributed by atoms with Gasteiger partial charge in [0.15, 0.2) is 0 Å². The summed E-state index contributed by atoms with van der Waals surface area (Å²) >= 11 is 0.893. The van der Waals surface area contributed by atoms with Crippen molar-refractivity contribution in [2.75, 3.05) is 26.6 Å². The summed E-state index contributed by atoms with van der Waals surface area (Å²) in [7, 11) is 7.09. The highest BCUT2D eigenvalue weighted by atomic mass is 32.7. The Morgan fingerprint density at radius 1 is 1.17 bits per heavy atom. The maximum absolute atomic E-state index is 12.4. The fraction of sp³-hybridized carbons (Fsp3) is 1.00. The number of rotatable bonds is 8. The van der Waals surface area contributed by atoms with Crippen molar-refractivity contribution in [1.82, 2.24) is 0 Å². The second kappa shape index (κ2) is 8.72. The molecule has 0 radical (unpaired) electrons. The Morgan fingerprint density at radius 3 is 2.39 bits per heavy atom. The van der Waals surface area contributed by atoms with Crippen LogP contribution in [0, 0.1) is 0 Å². The topological polar surface area (TPSA) is 83.5 Å². The molecule has 0 aromatic heterocycles. The lowest BCUT2D eigenvalue weighted by Gasteiger charge is -2.22. The molecule has 2 fully saturated rings. The molecule has 0 aromatic rings. The lowest BCUT2D eigenvalue weighted by Crippen LogP contribution is -2.28. The summed E-state index contributed by atoms with van der Waals surface area (Å²) in [6.45, 7) is -3.45. The molecule has 2 saturated heterocycles. The van der Waals surface area contributed by atoms with Gasteiger partial charge in [-0.15, -0.1) is 0 Å². The van der Waals surface area contributed by atoms with Gasteiger partial charge in [-0.3, -0.25) is 4.52 Å². The van der Waals surface area contributed by atoms with Gasteiger partial charge in [-0.1, -0.05) is 0 Å². The minimum absolute atomic E-state index is 0.0120. The van der Waals surface area contributed by atoms with Crippen LogP contribution in [0.5, 0.6) is 0 Å². The highest BCUT2D eigenvalue weighted by molar-refractivity contribution is 8.54. The third kappa shape index (κ3) is 5.75. The molecule has 0 aromatic carbocycles. The first-order chi connectivity index (χ1) is 10.8. The van der Waals surface area contributed by atoms with Gasteiger partial charge in [-0.2, -0.15) is 0 Å². The summed E-state index contributed by atoms with van der Waals surface area (Å²) in [6.07, 6.45) is 0.380. The molecule has 2 aliphatic rings. The largest absolute Gasteiger partial charge is 0.387 e. The normalized spacial score (nSPS) is 40.3.